The number of halogens is 3. The first kappa shape index (κ1) is 19.0. The smallest absolute Gasteiger partial charge is 0.416 e. The van der Waals surface area contributed by atoms with Gasteiger partial charge in [-0.25, -0.2) is 0 Å². The summed E-state index contributed by atoms with van der Waals surface area (Å²) in [5, 5.41) is 0. The number of benzene rings is 2. The van der Waals surface area contributed by atoms with Crippen molar-refractivity contribution in [2.75, 3.05) is 27.2 Å². The summed E-state index contributed by atoms with van der Waals surface area (Å²) in [6.45, 7) is 1.61. The minimum atomic E-state index is -4.36. The van der Waals surface area contributed by atoms with Gasteiger partial charge in [-0.05, 0) is 50.0 Å². The van der Waals surface area contributed by atoms with E-state index in [9.17, 15) is 13.2 Å². The molecular formula is C21H21F3N2O. The van der Waals surface area contributed by atoms with E-state index in [1.807, 2.05) is 61.7 Å². The third kappa shape index (κ3) is 4.92. The number of hydrogen-bond acceptors (Lipinski definition) is 3. The topological polar surface area (TPSA) is 15.7 Å². The van der Waals surface area contributed by atoms with Crippen LogP contribution in [0.3, 0.4) is 0 Å². The largest absolute Gasteiger partial charge is 0.455 e. The van der Waals surface area contributed by atoms with Crippen LogP contribution in [0.4, 0.5) is 13.2 Å². The molecule has 1 aliphatic heterocycles. The van der Waals surface area contributed by atoms with Crippen molar-refractivity contribution in [3.05, 3.63) is 77.6 Å². The minimum absolute atomic E-state index is 0.360. The fourth-order valence-electron chi connectivity index (χ4n) is 2.68. The standard InChI is InChI=1S/C21H21F3N2O/c1-25(2)13-14-26-12-11-16-5-3-4-6-19(16)20(15-26)27-18-9-7-17(8-10-18)21(22,23)24/h3-12,15H,13-14H2,1-2H3. The van der Waals surface area contributed by atoms with Crippen LogP contribution in [-0.2, 0) is 6.18 Å². The number of nitrogens with zero attached hydrogens (tertiary/aromatic N) is 2. The van der Waals surface area contributed by atoms with Crippen molar-refractivity contribution in [3.8, 4) is 5.75 Å². The van der Waals surface area contributed by atoms with Gasteiger partial charge in [0.2, 0.25) is 0 Å². The summed E-state index contributed by atoms with van der Waals surface area (Å²) in [5.74, 6) is 0.952. The number of hydrogen-bond donors (Lipinski definition) is 0. The van der Waals surface area contributed by atoms with Gasteiger partial charge in [0.15, 0.2) is 5.76 Å². The lowest BCUT2D eigenvalue weighted by molar-refractivity contribution is -0.137. The Kier molecular flexibility index (Phi) is 5.56. The van der Waals surface area contributed by atoms with Crippen molar-refractivity contribution in [1.82, 2.24) is 9.80 Å². The molecule has 0 fully saturated rings. The summed E-state index contributed by atoms with van der Waals surface area (Å²) in [7, 11) is 4.00. The number of fused-ring (bicyclic) bond motifs is 1. The van der Waals surface area contributed by atoms with Gasteiger partial charge < -0.3 is 14.5 Å². The van der Waals surface area contributed by atoms with Crippen LogP contribution in [0.5, 0.6) is 5.75 Å². The Morgan fingerprint density at radius 1 is 1.00 bits per heavy atom. The Labute approximate surface area is 157 Å². The number of alkyl halides is 3. The Bertz CT molecular complexity index is 839. The summed E-state index contributed by atoms with van der Waals surface area (Å²) < 4.78 is 44.2. The van der Waals surface area contributed by atoms with Crippen LogP contribution in [-0.4, -0.2) is 37.0 Å². The van der Waals surface area contributed by atoms with Gasteiger partial charge in [0.25, 0.3) is 0 Å². The van der Waals surface area contributed by atoms with E-state index in [0.717, 1.165) is 36.3 Å². The summed E-state index contributed by atoms with van der Waals surface area (Å²) in [5.41, 5.74) is 1.18. The third-order valence-corrected chi connectivity index (χ3v) is 4.17. The van der Waals surface area contributed by atoms with Crippen LogP contribution >= 0.6 is 0 Å². The molecule has 0 amide bonds. The van der Waals surface area contributed by atoms with E-state index >= 15 is 0 Å². The Morgan fingerprint density at radius 3 is 2.37 bits per heavy atom. The normalized spacial score (nSPS) is 14.0. The van der Waals surface area contributed by atoms with Gasteiger partial charge in [-0.1, -0.05) is 24.3 Å². The summed E-state index contributed by atoms with van der Waals surface area (Å²) >= 11 is 0. The summed E-state index contributed by atoms with van der Waals surface area (Å²) in [6.07, 6.45) is 1.50. The van der Waals surface area contributed by atoms with Crippen molar-refractivity contribution < 1.29 is 17.9 Å². The molecule has 3 rings (SSSR count). The predicted molar refractivity (Wildman–Crippen MR) is 101 cm³/mol. The Hall–Kier alpha value is -2.73. The number of likely N-dealkylation sites (N-methyl/N-ethyl adjacent to an activating group) is 1. The van der Waals surface area contributed by atoms with Crippen LogP contribution in [0.25, 0.3) is 11.8 Å². The van der Waals surface area contributed by atoms with Crippen LogP contribution in [0.2, 0.25) is 0 Å². The molecule has 0 saturated carbocycles. The highest BCUT2D eigenvalue weighted by molar-refractivity contribution is 5.73. The average Bonchev–Trinajstić information content (AvgIpc) is 2.80. The second-order valence-electron chi connectivity index (χ2n) is 6.56. The molecule has 0 spiro atoms. The van der Waals surface area contributed by atoms with Crippen molar-refractivity contribution in [3.63, 3.8) is 0 Å². The minimum Gasteiger partial charge on any atom is -0.455 e. The molecule has 3 nitrogen and oxygen atoms in total. The zero-order valence-electron chi connectivity index (χ0n) is 15.2. The van der Waals surface area contributed by atoms with Crippen molar-refractivity contribution in [2.24, 2.45) is 0 Å². The Balaban J connectivity index is 1.88. The highest BCUT2D eigenvalue weighted by Crippen LogP contribution is 2.32. The molecule has 0 saturated heterocycles. The fraction of sp³-hybridized carbons (Fsp3) is 0.238. The van der Waals surface area contributed by atoms with E-state index < -0.39 is 11.7 Å². The first-order valence-electron chi connectivity index (χ1n) is 8.58. The Morgan fingerprint density at radius 2 is 1.70 bits per heavy atom. The molecule has 0 atom stereocenters. The highest BCUT2D eigenvalue weighted by Gasteiger charge is 2.30. The fourth-order valence-corrected chi connectivity index (χ4v) is 2.68. The highest BCUT2D eigenvalue weighted by atomic mass is 19.4. The van der Waals surface area contributed by atoms with Gasteiger partial charge >= 0.3 is 6.18 Å². The van der Waals surface area contributed by atoms with Gasteiger partial charge in [0, 0.05) is 31.1 Å². The zero-order chi connectivity index (χ0) is 19.4. The zero-order valence-corrected chi connectivity index (χ0v) is 15.2. The molecule has 27 heavy (non-hydrogen) atoms. The first-order chi connectivity index (χ1) is 12.8. The molecule has 0 N–H and O–H groups in total. The molecule has 0 radical (unpaired) electrons. The summed E-state index contributed by atoms with van der Waals surface area (Å²) in [4.78, 5) is 4.09. The first-order valence-corrected chi connectivity index (χ1v) is 8.58. The van der Waals surface area contributed by atoms with E-state index in [4.69, 9.17) is 4.74 Å². The van der Waals surface area contributed by atoms with E-state index in [0.29, 0.717) is 11.5 Å². The van der Waals surface area contributed by atoms with Gasteiger partial charge in [0.05, 0.1) is 5.56 Å². The lowest BCUT2D eigenvalue weighted by Crippen LogP contribution is -2.24. The van der Waals surface area contributed by atoms with Crippen molar-refractivity contribution >= 4 is 11.8 Å². The average molecular weight is 374 g/mol. The van der Waals surface area contributed by atoms with Crippen LogP contribution in [0, 0.1) is 0 Å². The van der Waals surface area contributed by atoms with Crippen LogP contribution in [0.15, 0.2) is 60.9 Å². The van der Waals surface area contributed by atoms with Crippen LogP contribution in [0.1, 0.15) is 16.7 Å². The SMILES string of the molecule is CN(C)CCN1C=Cc2ccccc2C(Oc2ccc(C(F)(F)F)cc2)=C1. The molecule has 0 aromatic heterocycles. The maximum absolute atomic E-state index is 12.8. The van der Waals surface area contributed by atoms with Gasteiger partial charge in [-0.2, -0.15) is 13.2 Å². The van der Waals surface area contributed by atoms with Gasteiger partial charge in [-0.15, -0.1) is 0 Å². The van der Waals surface area contributed by atoms with E-state index in [1.54, 1.807) is 0 Å². The lowest BCUT2D eigenvalue weighted by Gasteiger charge is -2.19. The maximum atomic E-state index is 12.8. The number of ether oxygens (including phenoxy) is 1. The lowest BCUT2D eigenvalue weighted by atomic mass is 10.1. The third-order valence-electron chi connectivity index (χ3n) is 4.17. The molecule has 0 bridgehead atoms. The molecule has 1 aliphatic rings. The number of rotatable bonds is 5. The second-order valence-corrected chi connectivity index (χ2v) is 6.56. The molecule has 142 valence electrons. The second kappa shape index (κ2) is 7.88. The van der Waals surface area contributed by atoms with E-state index in [1.165, 1.54) is 12.1 Å². The molecule has 0 unspecified atom stereocenters. The predicted octanol–water partition coefficient (Wildman–Crippen LogP) is 4.93. The van der Waals surface area contributed by atoms with E-state index in [2.05, 4.69) is 4.90 Å². The molecule has 0 aliphatic carbocycles. The quantitative estimate of drug-likeness (QED) is 0.738. The molecule has 1 heterocycles. The molecule has 2 aromatic carbocycles. The van der Waals surface area contributed by atoms with Crippen molar-refractivity contribution in [2.45, 2.75) is 6.18 Å². The summed E-state index contributed by atoms with van der Waals surface area (Å²) in [6, 6.07) is 12.5. The molecule has 6 heteroatoms. The van der Waals surface area contributed by atoms with Crippen LogP contribution < -0.4 is 4.74 Å². The van der Waals surface area contributed by atoms with Gasteiger partial charge in [0.1, 0.15) is 5.75 Å². The monoisotopic (exact) mass is 374 g/mol. The molecule has 2 aromatic rings. The van der Waals surface area contributed by atoms with E-state index in [-0.39, 0.29) is 0 Å². The van der Waals surface area contributed by atoms with Crippen molar-refractivity contribution in [1.29, 1.82) is 0 Å². The maximum Gasteiger partial charge on any atom is 0.416 e. The molecular weight excluding hydrogens is 353 g/mol. The van der Waals surface area contributed by atoms with Gasteiger partial charge in [-0.3, -0.25) is 0 Å².